The van der Waals surface area contributed by atoms with Gasteiger partial charge in [0, 0.05) is 5.69 Å². The molecule has 4 N–H and O–H groups in total. The number of benzene rings is 1. The predicted molar refractivity (Wildman–Crippen MR) is 81.3 cm³/mol. The number of nitrogen functional groups attached to an aromatic ring is 1. The zero-order valence-corrected chi connectivity index (χ0v) is 12.4. The minimum Gasteiger partial charge on any atom is -0.480 e. The maximum absolute atomic E-state index is 12.2. The van der Waals surface area contributed by atoms with Crippen LogP contribution in [0, 0.1) is 0 Å². The molecule has 6 nitrogen and oxygen atoms in total. The number of nitrogens with two attached hydrogens (primary N) is 1. The van der Waals surface area contributed by atoms with Gasteiger partial charge in [0.05, 0.1) is 16.8 Å². The second kappa shape index (κ2) is 6.32. The number of hydrogen-bond donors (Lipinski definition) is 3. The van der Waals surface area contributed by atoms with E-state index in [0.717, 1.165) is 6.42 Å². The molecule has 1 amide bonds. The molecule has 0 aromatic heterocycles. The Kier molecular flexibility index (Phi) is 4.69. The van der Waals surface area contributed by atoms with E-state index in [4.69, 9.17) is 22.4 Å². The van der Waals surface area contributed by atoms with Crippen LogP contribution >= 0.6 is 11.6 Å². The van der Waals surface area contributed by atoms with E-state index in [9.17, 15) is 9.59 Å². The Morgan fingerprint density at radius 1 is 1.52 bits per heavy atom. The lowest BCUT2D eigenvalue weighted by Gasteiger charge is -2.27. The second-order valence-corrected chi connectivity index (χ2v) is 5.54. The van der Waals surface area contributed by atoms with Crippen LogP contribution in [0.25, 0.3) is 0 Å². The largest absolute Gasteiger partial charge is 0.480 e. The van der Waals surface area contributed by atoms with Crippen LogP contribution in [0.1, 0.15) is 19.8 Å². The summed E-state index contributed by atoms with van der Waals surface area (Å²) in [6.45, 7) is 2.31. The van der Waals surface area contributed by atoms with E-state index in [1.807, 2.05) is 0 Å². The maximum Gasteiger partial charge on any atom is 0.320 e. The average Bonchev–Trinajstić information content (AvgIpc) is 2.91. The number of likely N-dealkylation sites (tertiary alicyclic amines) is 1. The summed E-state index contributed by atoms with van der Waals surface area (Å²) in [5.41, 5.74) is 6.61. The number of aliphatic carboxylic acids is 1. The number of carbonyl (C=O) groups excluding carboxylic acids is 1. The standard InChI is InChI=1S/C14H18ClN3O3/c1-8(18-6-2-3-12(18)14(20)21)13(19)17-9-4-5-10(15)11(16)7-9/h4-5,7-8,12H,2-3,6,16H2,1H3,(H,17,19)(H,20,21). The van der Waals surface area contributed by atoms with Gasteiger partial charge in [0.2, 0.25) is 5.91 Å². The number of hydrogen-bond acceptors (Lipinski definition) is 4. The fourth-order valence-corrected chi connectivity index (χ4v) is 2.65. The van der Waals surface area contributed by atoms with Crippen molar-refractivity contribution in [3.63, 3.8) is 0 Å². The summed E-state index contributed by atoms with van der Waals surface area (Å²) in [5.74, 6) is -1.15. The molecule has 1 heterocycles. The predicted octanol–water partition coefficient (Wildman–Crippen LogP) is 1.80. The van der Waals surface area contributed by atoms with Crippen LogP contribution in [0.15, 0.2) is 18.2 Å². The van der Waals surface area contributed by atoms with Crippen LogP contribution < -0.4 is 11.1 Å². The van der Waals surface area contributed by atoms with E-state index in [-0.39, 0.29) is 5.91 Å². The van der Waals surface area contributed by atoms with Gasteiger partial charge in [-0.05, 0) is 44.5 Å². The van der Waals surface area contributed by atoms with Crippen molar-refractivity contribution in [1.29, 1.82) is 0 Å². The molecule has 2 rings (SSSR count). The lowest BCUT2D eigenvalue weighted by atomic mass is 10.2. The first kappa shape index (κ1) is 15.6. The molecule has 1 aliphatic rings. The highest BCUT2D eigenvalue weighted by Gasteiger charge is 2.36. The van der Waals surface area contributed by atoms with Crippen LogP contribution in [0.5, 0.6) is 0 Å². The van der Waals surface area contributed by atoms with Crippen LogP contribution in [-0.4, -0.2) is 40.5 Å². The molecule has 1 saturated heterocycles. The van der Waals surface area contributed by atoms with Crippen molar-refractivity contribution in [3.8, 4) is 0 Å². The molecule has 7 heteroatoms. The highest BCUT2D eigenvalue weighted by Crippen LogP contribution is 2.24. The number of nitrogens with one attached hydrogen (secondary N) is 1. The van der Waals surface area contributed by atoms with Gasteiger partial charge in [0.15, 0.2) is 0 Å². The number of carbonyl (C=O) groups is 2. The molecule has 1 aliphatic heterocycles. The number of anilines is 2. The third-order valence-electron chi connectivity index (χ3n) is 3.72. The van der Waals surface area contributed by atoms with Gasteiger partial charge >= 0.3 is 5.97 Å². The summed E-state index contributed by atoms with van der Waals surface area (Å²) in [6, 6.07) is 3.72. The van der Waals surface area contributed by atoms with Crippen LogP contribution in [0.2, 0.25) is 5.02 Å². The van der Waals surface area contributed by atoms with E-state index in [2.05, 4.69) is 5.32 Å². The molecule has 114 valence electrons. The van der Waals surface area contributed by atoms with Crippen LogP contribution in [0.3, 0.4) is 0 Å². The van der Waals surface area contributed by atoms with Crippen molar-refractivity contribution in [3.05, 3.63) is 23.2 Å². The number of carboxylic acids is 1. The minimum atomic E-state index is -0.886. The Bertz CT molecular complexity index is 564. The van der Waals surface area contributed by atoms with Gasteiger partial charge < -0.3 is 16.2 Å². The first-order valence-electron chi connectivity index (χ1n) is 6.74. The third kappa shape index (κ3) is 3.46. The number of amides is 1. The van der Waals surface area contributed by atoms with E-state index in [0.29, 0.717) is 29.4 Å². The van der Waals surface area contributed by atoms with Crippen molar-refractivity contribution >= 4 is 34.9 Å². The maximum atomic E-state index is 12.2. The van der Waals surface area contributed by atoms with Gasteiger partial charge in [-0.2, -0.15) is 0 Å². The summed E-state index contributed by atoms with van der Waals surface area (Å²) >= 11 is 5.83. The lowest BCUT2D eigenvalue weighted by Crippen LogP contribution is -2.47. The fraction of sp³-hybridized carbons (Fsp3) is 0.429. The molecular weight excluding hydrogens is 294 g/mol. The van der Waals surface area contributed by atoms with Crippen molar-refractivity contribution in [2.24, 2.45) is 0 Å². The number of rotatable bonds is 4. The summed E-state index contributed by atoms with van der Waals surface area (Å²) in [7, 11) is 0. The Balaban J connectivity index is 2.05. The van der Waals surface area contributed by atoms with Gasteiger partial charge in [-0.15, -0.1) is 0 Å². The Morgan fingerprint density at radius 3 is 2.86 bits per heavy atom. The highest BCUT2D eigenvalue weighted by atomic mass is 35.5. The molecule has 1 aromatic carbocycles. The summed E-state index contributed by atoms with van der Waals surface area (Å²) in [6.07, 6.45) is 1.35. The van der Waals surface area contributed by atoms with Crippen molar-refractivity contribution < 1.29 is 14.7 Å². The van der Waals surface area contributed by atoms with Gasteiger partial charge in [0.1, 0.15) is 6.04 Å². The van der Waals surface area contributed by atoms with Crippen molar-refractivity contribution in [1.82, 2.24) is 4.90 Å². The molecule has 1 fully saturated rings. The van der Waals surface area contributed by atoms with Gasteiger partial charge in [-0.25, -0.2) is 0 Å². The number of halogens is 1. The SMILES string of the molecule is CC(C(=O)Nc1ccc(Cl)c(N)c1)N1CCCC1C(=O)O. The molecule has 2 unspecified atom stereocenters. The van der Waals surface area contributed by atoms with Crippen LogP contribution in [0.4, 0.5) is 11.4 Å². The molecule has 1 aromatic rings. The normalized spacial score (nSPS) is 20.2. The quantitative estimate of drug-likeness (QED) is 0.737. The lowest BCUT2D eigenvalue weighted by molar-refractivity contribution is -0.143. The smallest absolute Gasteiger partial charge is 0.320 e. The third-order valence-corrected chi connectivity index (χ3v) is 4.06. The van der Waals surface area contributed by atoms with E-state index < -0.39 is 18.1 Å². The zero-order chi connectivity index (χ0) is 15.6. The second-order valence-electron chi connectivity index (χ2n) is 5.14. The van der Waals surface area contributed by atoms with Gasteiger partial charge in [0.25, 0.3) is 0 Å². The van der Waals surface area contributed by atoms with E-state index >= 15 is 0 Å². The Hall–Kier alpha value is -1.79. The molecule has 0 radical (unpaired) electrons. The molecule has 0 bridgehead atoms. The fourth-order valence-electron chi connectivity index (χ4n) is 2.54. The molecular formula is C14H18ClN3O3. The number of carboxylic acid groups (broad SMARTS) is 1. The zero-order valence-electron chi connectivity index (χ0n) is 11.7. The first-order valence-corrected chi connectivity index (χ1v) is 7.12. The average molecular weight is 312 g/mol. The van der Waals surface area contributed by atoms with E-state index in [1.165, 1.54) is 0 Å². The molecule has 21 heavy (non-hydrogen) atoms. The monoisotopic (exact) mass is 311 g/mol. The summed E-state index contributed by atoms with van der Waals surface area (Å²) in [4.78, 5) is 25.1. The Morgan fingerprint density at radius 2 is 2.24 bits per heavy atom. The highest BCUT2D eigenvalue weighted by molar-refractivity contribution is 6.33. The van der Waals surface area contributed by atoms with Gasteiger partial charge in [-0.3, -0.25) is 14.5 Å². The summed E-state index contributed by atoms with van der Waals surface area (Å²) < 4.78 is 0. The van der Waals surface area contributed by atoms with Crippen molar-refractivity contribution in [2.75, 3.05) is 17.6 Å². The Labute approximate surface area is 127 Å². The summed E-state index contributed by atoms with van der Waals surface area (Å²) in [5, 5.41) is 12.3. The molecule has 2 atom stereocenters. The van der Waals surface area contributed by atoms with Gasteiger partial charge in [-0.1, -0.05) is 11.6 Å². The van der Waals surface area contributed by atoms with E-state index in [1.54, 1.807) is 30.0 Å². The first-order chi connectivity index (χ1) is 9.90. The molecule has 0 saturated carbocycles. The number of nitrogens with zero attached hydrogens (tertiary/aromatic N) is 1. The minimum absolute atomic E-state index is 0.259. The van der Waals surface area contributed by atoms with Crippen molar-refractivity contribution in [2.45, 2.75) is 31.8 Å². The molecule has 0 aliphatic carbocycles. The topological polar surface area (TPSA) is 95.7 Å². The van der Waals surface area contributed by atoms with Crippen LogP contribution in [-0.2, 0) is 9.59 Å². The molecule has 0 spiro atoms.